The molecule has 0 aromatic rings. The number of nitrogens with two attached hydrogens (primary N) is 1. The topological polar surface area (TPSA) is 78.7 Å². The van der Waals surface area contributed by atoms with Crippen molar-refractivity contribution in [3.63, 3.8) is 0 Å². The number of rotatable bonds is 4. The molecule has 0 spiro atoms. The lowest BCUT2D eigenvalue weighted by Gasteiger charge is -2.36. The molecule has 18 heavy (non-hydrogen) atoms. The number of hydrogen-bond acceptors (Lipinski definition) is 3. The predicted molar refractivity (Wildman–Crippen MR) is 70.1 cm³/mol. The van der Waals surface area contributed by atoms with E-state index in [2.05, 4.69) is 5.32 Å². The van der Waals surface area contributed by atoms with E-state index in [1.165, 1.54) is 0 Å². The quantitative estimate of drug-likeness (QED) is 0.734. The summed E-state index contributed by atoms with van der Waals surface area (Å²) >= 11 is 0. The highest BCUT2D eigenvalue weighted by molar-refractivity contribution is 5.80. The van der Waals surface area contributed by atoms with Crippen LogP contribution >= 0.6 is 0 Å². The first-order valence-electron chi connectivity index (χ1n) is 6.65. The second-order valence-electron chi connectivity index (χ2n) is 4.49. The Morgan fingerprint density at radius 1 is 1.17 bits per heavy atom. The molecule has 0 radical (unpaired) electrons. The van der Waals surface area contributed by atoms with Gasteiger partial charge >= 0.3 is 6.03 Å². The molecule has 0 saturated carbocycles. The molecule has 1 atom stereocenters. The smallest absolute Gasteiger partial charge is 0.317 e. The molecule has 1 saturated heterocycles. The van der Waals surface area contributed by atoms with Crippen LogP contribution in [0.3, 0.4) is 0 Å². The Hall–Kier alpha value is -1.30. The third-order valence-electron chi connectivity index (χ3n) is 3.33. The Labute approximate surface area is 108 Å². The summed E-state index contributed by atoms with van der Waals surface area (Å²) in [7, 11) is 0. The molecule has 1 rings (SSSR count). The van der Waals surface area contributed by atoms with E-state index in [1.807, 2.05) is 18.7 Å². The van der Waals surface area contributed by atoms with E-state index >= 15 is 0 Å². The second kappa shape index (κ2) is 7.20. The number of carbonyl (C=O) groups excluding carboxylic acids is 2. The molecular weight excluding hydrogens is 232 g/mol. The van der Waals surface area contributed by atoms with Crippen molar-refractivity contribution < 1.29 is 9.59 Å². The highest BCUT2D eigenvalue weighted by Crippen LogP contribution is 2.09. The van der Waals surface area contributed by atoms with Crippen LogP contribution in [0.25, 0.3) is 0 Å². The average molecular weight is 256 g/mol. The number of carbonyl (C=O) groups is 2. The van der Waals surface area contributed by atoms with Gasteiger partial charge in [-0.3, -0.25) is 4.79 Å². The van der Waals surface area contributed by atoms with Gasteiger partial charge in [0.2, 0.25) is 5.91 Å². The average Bonchev–Trinajstić information content (AvgIpc) is 2.40. The third kappa shape index (κ3) is 3.60. The van der Waals surface area contributed by atoms with Crippen molar-refractivity contribution in [1.82, 2.24) is 15.1 Å². The van der Waals surface area contributed by atoms with E-state index in [0.717, 1.165) is 6.42 Å². The Bertz CT molecular complexity index is 284. The molecule has 3 N–H and O–H groups in total. The van der Waals surface area contributed by atoms with Crippen LogP contribution in [-0.4, -0.2) is 61.0 Å². The normalized spacial score (nSPS) is 17.5. The number of urea groups is 1. The summed E-state index contributed by atoms with van der Waals surface area (Å²) in [5, 5.41) is 2.77. The molecule has 0 aromatic heterocycles. The Morgan fingerprint density at radius 2 is 1.72 bits per heavy atom. The minimum absolute atomic E-state index is 0.0459. The van der Waals surface area contributed by atoms with Crippen molar-refractivity contribution in [2.45, 2.75) is 20.3 Å². The van der Waals surface area contributed by atoms with Gasteiger partial charge in [-0.25, -0.2) is 4.79 Å². The first-order chi connectivity index (χ1) is 8.63. The summed E-state index contributed by atoms with van der Waals surface area (Å²) in [6.45, 7) is 7.29. The van der Waals surface area contributed by atoms with Crippen molar-refractivity contribution in [2.75, 3.05) is 39.3 Å². The zero-order chi connectivity index (χ0) is 13.5. The van der Waals surface area contributed by atoms with E-state index in [-0.39, 0.29) is 17.9 Å². The lowest BCUT2D eigenvalue weighted by molar-refractivity contribution is -0.136. The maximum absolute atomic E-state index is 12.1. The van der Waals surface area contributed by atoms with Crippen LogP contribution in [0.15, 0.2) is 0 Å². The molecular formula is C12H24N4O2. The van der Waals surface area contributed by atoms with Gasteiger partial charge in [0.25, 0.3) is 0 Å². The standard InChI is InChI=1S/C12H24N4O2/c1-3-10(9-13)11(17)15-5-7-16(8-6-15)12(18)14-4-2/h10H,3-9,13H2,1-2H3,(H,14,18). The molecule has 104 valence electrons. The highest BCUT2D eigenvalue weighted by Gasteiger charge is 2.27. The van der Waals surface area contributed by atoms with E-state index in [1.54, 1.807) is 4.90 Å². The summed E-state index contributed by atoms with van der Waals surface area (Å²) in [6, 6.07) is -0.0459. The van der Waals surface area contributed by atoms with E-state index in [0.29, 0.717) is 39.3 Å². The Kier molecular flexibility index (Phi) is 5.91. The number of nitrogens with zero attached hydrogens (tertiary/aromatic N) is 2. The predicted octanol–water partition coefficient (Wildman–Crippen LogP) is -0.155. The first-order valence-corrected chi connectivity index (χ1v) is 6.65. The van der Waals surface area contributed by atoms with Gasteiger partial charge in [0.15, 0.2) is 0 Å². The molecule has 0 aromatic carbocycles. The van der Waals surface area contributed by atoms with Gasteiger partial charge in [-0.1, -0.05) is 6.92 Å². The molecule has 3 amide bonds. The summed E-state index contributed by atoms with van der Waals surface area (Å²) in [6.07, 6.45) is 0.770. The molecule has 6 nitrogen and oxygen atoms in total. The molecule has 1 unspecified atom stereocenters. The van der Waals surface area contributed by atoms with Gasteiger partial charge in [-0.05, 0) is 13.3 Å². The molecule has 6 heteroatoms. The summed E-state index contributed by atoms with van der Waals surface area (Å²) < 4.78 is 0. The van der Waals surface area contributed by atoms with Crippen molar-refractivity contribution in [3.05, 3.63) is 0 Å². The largest absolute Gasteiger partial charge is 0.339 e. The molecule has 1 aliphatic rings. The monoisotopic (exact) mass is 256 g/mol. The van der Waals surface area contributed by atoms with Gasteiger partial charge in [-0.15, -0.1) is 0 Å². The van der Waals surface area contributed by atoms with Crippen molar-refractivity contribution in [1.29, 1.82) is 0 Å². The SMILES string of the molecule is CCNC(=O)N1CCN(C(=O)C(CC)CN)CC1. The van der Waals surface area contributed by atoms with Gasteiger partial charge in [0.1, 0.15) is 0 Å². The first kappa shape index (κ1) is 14.8. The molecule has 1 heterocycles. The number of nitrogens with one attached hydrogen (secondary N) is 1. The zero-order valence-corrected chi connectivity index (χ0v) is 11.3. The van der Waals surface area contributed by atoms with E-state index < -0.39 is 0 Å². The van der Waals surface area contributed by atoms with Gasteiger partial charge in [0.05, 0.1) is 5.92 Å². The fraction of sp³-hybridized carbons (Fsp3) is 0.833. The van der Waals surface area contributed by atoms with Crippen molar-refractivity contribution in [3.8, 4) is 0 Å². The van der Waals surface area contributed by atoms with E-state index in [9.17, 15) is 9.59 Å². The number of hydrogen-bond donors (Lipinski definition) is 2. The minimum Gasteiger partial charge on any atom is -0.339 e. The maximum atomic E-state index is 12.1. The summed E-state index contributed by atoms with van der Waals surface area (Å²) in [5.74, 6) is 0.0385. The van der Waals surface area contributed by atoms with Crippen LogP contribution in [0, 0.1) is 5.92 Å². The summed E-state index contributed by atoms with van der Waals surface area (Å²) in [4.78, 5) is 27.3. The van der Waals surface area contributed by atoms with Crippen molar-refractivity contribution in [2.24, 2.45) is 11.7 Å². The van der Waals surface area contributed by atoms with Crippen LogP contribution in [0.1, 0.15) is 20.3 Å². The van der Waals surface area contributed by atoms with Crippen LogP contribution in [0.4, 0.5) is 4.79 Å². The van der Waals surface area contributed by atoms with Crippen LogP contribution in [0.2, 0.25) is 0 Å². The fourth-order valence-electron chi connectivity index (χ4n) is 2.09. The molecule has 0 aliphatic carbocycles. The molecule has 1 aliphatic heterocycles. The van der Waals surface area contributed by atoms with E-state index in [4.69, 9.17) is 5.73 Å². The third-order valence-corrected chi connectivity index (χ3v) is 3.33. The van der Waals surface area contributed by atoms with Crippen LogP contribution in [0.5, 0.6) is 0 Å². The molecule has 0 bridgehead atoms. The van der Waals surface area contributed by atoms with Crippen LogP contribution < -0.4 is 11.1 Å². The fourth-order valence-corrected chi connectivity index (χ4v) is 2.09. The lowest BCUT2D eigenvalue weighted by atomic mass is 10.0. The van der Waals surface area contributed by atoms with Gasteiger partial charge in [-0.2, -0.15) is 0 Å². The van der Waals surface area contributed by atoms with Crippen molar-refractivity contribution >= 4 is 11.9 Å². The summed E-state index contributed by atoms with van der Waals surface area (Å²) in [5.41, 5.74) is 5.58. The molecule has 1 fully saturated rings. The number of amides is 3. The van der Waals surface area contributed by atoms with Gasteiger partial charge < -0.3 is 20.9 Å². The second-order valence-corrected chi connectivity index (χ2v) is 4.49. The van der Waals surface area contributed by atoms with Gasteiger partial charge in [0, 0.05) is 39.3 Å². The lowest BCUT2D eigenvalue weighted by Crippen LogP contribution is -2.54. The minimum atomic E-state index is -0.0824. The number of piperazine rings is 1. The van der Waals surface area contributed by atoms with Crippen LogP contribution in [-0.2, 0) is 4.79 Å². The highest BCUT2D eigenvalue weighted by atomic mass is 16.2. The Morgan fingerprint density at radius 3 is 2.17 bits per heavy atom. The Balaban J connectivity index is 2.43. The zero-order valence-electron chi connectivity index (χ0n) is 11.3. The maximum Gasteiger partial charge on any atom is 0.317 e.